The van der Waals surface area contributed by atoms with Crippen LogP contribution in [0.5, 0.6) is 0 Å². The van der Waals surface area contributed by atoms with Crippen LogP contribution in [0.4, 0.5) is 0 Å². The van der Waals surface area contributed by atoms with Gasteiger partial charge in [-0.05, 0) is 127 Å². The summed E-state index contributed by atoms with van der Waals surface area (Å²) in [5.74, 6) is 0. The van der Waals surface area contributed by atoms with E-state index in [9.17, 15) is 0 Å². The third-order valence-corrected chi connectivity index (χ3v) is 7.43. The van der Waals surface area contributed by atoms with Crippen molar-refractivity contribution < 1.29 is 37.9 Å². The van der Waals surface area contributed by atoms with Gasteiger partial charge in [0.05, 0.1) is 8.07 Å². The van der Waals surface area contributed by atoms with Gasteiger partial charge in [-0.25, -0.2) is 0 Å². The Morgan fingerprint density at radius 1 is 0.519 bits per heavy atom. The van der Waals surface area contributed by atoms with E-state index in [2.05, 4.69) is 64.5 Å². The molecule has 20 radical (unpaired) electrons. The first kappa shape index (κ1) is 29.2. The summed E-state index contributed by atoms with van der Waals surface area (Å²) in [6.45, 7) is 4.80. The van der Waals surface area contributed by atoms with E-state index < -0.39 is 28.9 Å². The summed E-state index contributed by atoms with van der Waals surface area (Å²) in [6, 6.07) is 0. The fourth-order valence-corrected chi connectivity index (χ4v) is 4.77. The van der Waals surface area contributed by atoms with E-state index in [1.54, 1.807) is 0 Å². The number of halogens is 2. The van der Waals surface area contributed by atoms with E-state index in [1.165, 1.54) is 11.1 Å². The molecule has 0 spiro atoms. The summed E-state index contributed by atoms with van der Waals surface area (Å²) >= 11 is -0.826. The van der Waals surface area contributed by atoms with E-state index in [-0.39, 0.29) is 17.1 Å². The summed E-state index contributed by atoms with van der Waals surface area (Å²) in [4.78, 5) is 0. The maximum atomic E-state index is 4.93. The Labute approximate surface area is 201 Å². The van der Waals surface area contributed by atoms with Crippen molar-refractivity contribution in [1.29, 1.82) is 0 Å². The molecule has 0 aliphatic heterocycles. The van der Waals surface area contributed by atoms with Crippen LogP contribution in [0.15, 0.2) is 0 Å². The molecule has 27 heavy (non-hydrogen) atoms. The molecule has 0 heterocycles. The average Bonchev–Trinajstić information content (AvgIpc) is 3.50. The van der Waals surface area contributed by atoms with Crippen molar-refractivity contribution in [3.63, 3.8) is 0 Å². The van der Waals surface area contributed by atoms with Crippen molar-refractivity contribution in [1.82, 2.24) is 0 Å². The van der Waals surface area contributed by atoms with Crippen molar-refractivity contribution in [3.05, 3.63) is 127 Å². The first-order chi connectivity index (χ1) is 12.6. The monoisotopic (exact) mass is 532 g/mol. The van der Waals surface area contributed by atoms with Crippen LogP contribution < -0.4 is 0 Å². The Hall–Kier alpha value is 2.20. The normalized spacial score (nSPS) is 22.4. The molecule has 0 saturated heterocycles. The second-order valence-electron chi connectivity index (χ2n) is 5.97. The first-order valence-electron chi connectivity index (χ1n) is 8.37. The molecular formula is C22H24Cl2FeSiZr+4. The standard InChI is InChI=1S/C12H14Si.2C5H5.2ClH.Fe.Zr/c1-13(2,11-7-3-4-8-11)12-9-5-6-10-12;2*1-2-4-5-3-1;;;;/h3-10H,1-2H3;2*1-5H;2*1H;;/q;;;;;+2;+4/p-2. The summed E-state index contributed by atoms with van der Waals surface area (Å²) in [7, 11) is 8.52. The van der Waals surface area contributed by atoms with Crippen LogP contribution >= 0.6 is 17.0 Å². The molecule has 4 fully saturated rings. The molecule has 4 aliphatic carbocycles. The van der Waals surface area contributed by atoms with Crippen molar-refractivity contribution in [3.8, 4) is 0 Å². The van der Waals surface area contributed by atoms with Crippen LogP contribution in [-0.4, -0.2) is 8.07 Å². The molecule has 0 unspecified atom stereocenters. The summed E-state index contributed by atoms with van der Waals surface area (Å²) in [5.41, 5.74) is 3.05. The summed E-state index contributed by atoms with van der Waals surface area (Å²) < 4.78 is 0. The predicted molar refractivity (Wildman–Crippen MR) is 113 cm³/mol. The predicted octanol–water partition coefficient (Wildman–Crippen LogP) is 6.00. The van der Waals surface area contributed by atoms with E-state index in [0.29, 0.717) is 0 Å². The second kappa shape index (κ2) is 18.9. The van der Waals surface area contributed by atoms with Gasteiger partial charge in [-0.15, -0.1) is 0 Å². The van der Waals surface area contributed by atoms with Gasteiger partial charge in [0.2, 0.25) is 0 Å². The van der Waals surface area contributed by atoms with Crippen molar-refractivity contribution in [2.24, 2.45) is 0 Å². The second-order valence-corrected chi connectivity index (χ2v) is 14.1. The molecule has 0 aromatic rings. The molecule has 0 nitrogen and oxygen atoms in total. The summed E-state index contributed by atoms with van der Waals surface area (Å²) in [5, 5.41) is 0. The number of hydrogen-bond donors (Lipinski definition) is 0. The van der Waals surface area contributed by atoms with Gasteiger partial charge in [0.15, 0.2) is 0 Å². The van der Waals surface area contributed by atoms with Crippen LogP contribution in [-0.2, 0) is 37.9 Å². The van der Waals surface area contributed by atoms with Crippen molar-refractivity contribution in [2.75, 3.05) is 0 Å². The van der Waals surface area contributed by atoms with Gasteiger partial charge in [0, 0.05) is 0 Å². The Kier molecular flexibility index (Phi) is 20.5. The van der Waals surface area contributed by atoms with Crippen molar-refractivity contribution >= 4 is 25.1 Å². The maximum Gasteiger partial charge on any atom is 2.00 e. The van der Waals surface area contributed by atoms with Crippen LogP contribution in [0, 0.1) is 127 Å². The van der Waals surface area contributed by atoms with Gasteiger partial charge in [0.25, 0.3) is 0 Å². The van der Waals surface area contributed by atoms with E-state index in [0.717, 1.165) is 0 Å². The average molecular weight is 534 g/mol. The molecule has 0 N–H and O–H groups in total. The van der Waals surface area contributed by atoms with Crippen LogP contribution in [0.3, 0.4) is 0 Å². The minimum absolute atomic E-state index is 0. The Bertz CT molecular complexity index is 268. The minimum Gasteiger partial charge on any atom is 2.00 e. The minimum atomic E-state index is -1.35. The molecule has 4 rings (SSSR count). The van der Waals surface area contributed by atoms with Gasteiger partial charge in [-0.2, -0.15) is 0 Å². The molecule has 138 valence electrons. The fraction of sp³-hybridized carbons (Fsp3) is 0.0909. The van der Waals surface area contributed by atoms with E-state index in [1.807, 2.05) is 64.2 Å². The van der Waals surface area contributed by atoms with Crippen molar-refractivity contribution in [2.45, 2.75) is 13.1 Å². The molecule has 5 heteroatoms. The zero-order valence-corrected chi connectivity index (χ0v) is 21.6. The summed E-state index contributed by atoms with van der Waals surface area (Å²) in [6.07, 6.45) is 37.5. The first-order valence-corrected chi connectivity index (χ1v) is 17.7. The van der Waals surface area contributed by atoms with Gasteiger partial charge in [0.1, 0.15) is 0 Å². The molecule has 4 aliphatic rings. The molecular weight excluding hydrogens is 510 g/mol. The smallest absolute Gasteiger partial charge is 2.00 e. The molecule has 0 aromatic carbocycles. The van der Waals surface area contributed by atoms with Crippen LogP contribution in [0.1, 0.15) is 0 Å². The quantitative estimate of drug-likeness (QED) is 0.382. The zero-order chi connectivity index (χ0) is 19.1. The third-order valence-electron chi connectivity index (χ3n) is 3.88. The Morgan fingerprint density at radius 2 is 0.704 bits per heavy atom. The van der Waals surface area contributed by atoms with Crippen LogP contribution in [0.25, 0.3) is 0 Å². The van der Waals surface area contributed by atoms with Gasteiger partial charge >= 0.3 is 54.9 Å². The van der Waals surface area contributed by atoms with E-state index in [4.69, 9.17) is 17.0 Å². The maximum absolute atomic E-state index is 4.93. The fourth-order valence-electron chi connectivity index (χ4n) is 2.39. The number of hydrogen-bond acceptors (Lipinski definition) is 0. The molecule has 0 bridgehead atoms. The largest absolute Gasteiger partial charge is 2.00 e. The van der Waals surface area contributed by atoms with Crippen LogP contribution in [0.2, 0.25) is 13.1 Å². The molecule has 0 aromatic heterocycles. The topological polar surface area (TPSA) is 0 Å². The SMILES string of the molecule is C[Si](C)([C]1[CH][CH][CH][CH]1)[C]1[CH][CH][CH][CH]1.[CH]1[CH][CH][CH][CH]1.[CH]1[CH][CH][CH][CH]1.[Cl][Zr+2][Cl].[Fe+2]. The van der Waals surface area contributed by atoms with Gasteiger partial charge in [-0.3, -0.25) is 0 Å². The molecule has 0 amide bonds. The Morgan fingerprint density at radius 3 is 0.889 bits per heavy atom. The molecule has 0 atom stereocenters. The van der Waals surface area contributed by atoms with Gasteiger partial charge < -0.3 is 0 Å². The molecule has 4 saturated carbocycles. The number of rotatable bonds is 2. The third kappa shape index (κ3) is 13.3. The van der Waals surface area contributed by atoms with Gasteiger partial charge in [-0.1, -0.05) is 13.1 Å². The Balaban J connectivity index is 0.000000400. The zero-order valence-electron chi connectivity index (χ0n) is 15.5. The van der Waals surface area contributed by atoms with E-state index >= 15 is 0 Å².